The molecule has 1 unspecified atom stereocenters. The van der Waals surface area contributed by atoms with Crippen LogP contribution in [0.15, 0.2) is 53.4 Å². The first-order valence-electron chi connectivity index (χ1n) is 9.69. The monoisotopic (exact) mass is 448 g/mol. The van der Waals surface area contributed by atoms with Crippen molar-refractivity contribution in [2.45, 2.75) is 30.2 Å². The minimum atomic E-state index is -3.69. The van der Waals surface area contributed by atoms with Gasteiger partial charge in [-0.15, -0.1) is 0 Å². The number of nitrogens with one attached hydrogen (secondary N) is 2. The molecule has 1 aliphatic rings. The molecule has 1 aliphatic carbocycles. The summed E-state index contributed by atoms with van der Waals surface area (Å²) >= 11 is 5.99. The van der Waals surface area contributed by atoms with Crippen LogP contribution < -0.4 is 14.8 Å². The lowest BCUT2D eigenvalue weighted by Crippen LogP contribution is -2.35. The zero-order valence-corrected chi connectivity index (χ0v) is 18.5. The molecular formula is C22H25ClN2O4S. The molecule has 2 aromatic rings. The fourth-order valence-electron chi connectivity index (χ4n) is 3.41. The molecule has 1 fully saturated rings. The number of carbonyl (C=O) groups excluding carboxylic acids is 1. The summed E-state index contributed by atoms with van der Waals surface area (Å²) in [7, 11) is -0.945. The largest absolute Gasteiger partial charge is 0.495 e. The van der Waals surface area contributed by atoms with E-state index >= 15 is 0 Å². The summed E-state index contributed by atoms with van der Waals surface area (Å²) < 4.78 is 31.8. The molecular weight excluding hydrogens is 424 g/mol. The minimum absolute atomic E-state index is 0.0172. The quantitative estimate of drug-likeness (QED) is 0.599. The smallest absolute Gasteiger partial charge is 0.244 e. The van der Waals surface area contributed by atoms with Gasteiger partial charge in [-0.05, 0) is 67.3 Å². The number of amides is 1. The highest BCUT2D eigenvalue weighted by Crippen LogP contribution is 2.38. The minimum Gasteiger partial charge on any atom is -0.495 e. The van der Waals surface area contributed by atoms with Gasteiger partial charge in [0.05, 0.1) is 13.2 Å². The van der Waals surface area contributed by atoms with Crippen LogP contribution in [0.3, 0.4) is 0 Å². The molecule has 0 radical (unpaired) electrons. The zero-order valence-electron chi connectivity index (χ0n) is 16.9. The van der Waals surface area contributed by atoms with Crippen molar-refractivity contribution in [2.24, 2.45) is 5.92 Å². The zero-order chi connectivity index (χ0) is 21.7. The molecule has 8 heteroatoms. The summed E-state index contributed by atoms with van der Waals surface area (Å²) in [6, 6.07) is 12.2. The van der Waals surface area contributed by atoms with Crippen molar-refractivity contribution >= 4 is 33.6 Å². The molecule has 30 heavy (non-hydrogen) atoms. The van der Waals surface area contributed by atoms with Gasteiger partial charge in [-0.25, -0.2) is 13.1 Å². The molecule has 0 spiro atoms. The maximum absolute atomic E-state index is 12.6. The van der Waals surface area contributed by atoms with Crippen LogP contribution in [0.25, 0.3) is 6.08 Å². The lowest BCUT2D eigenvalue weighted by atomic mass is 9.77. The molecule has 2 N–H and O–H groups in total. The molecule has 6 nitrogen and oxygen atoms in total. The molecule has 1 amide bonds. The average Bonchev–Trinajstić information content (AvgIpc) is 2.71. The van der Waals surface area contributed by atoms with E-state index in [1.54, 1.807) is 18.2 Å². The fourth-order valence-corrected chi connectivity index (χ4v) is 4.46. The van der Waals surface area contributed by atoms with Gasteiger partial charge in [0.1, 0.15) is 10.6 Å². The Hall–Kier alpha value is -2.35. The summed E-state index contributed by atoms with van der Waals surface area (Å²) in [5.41, 5.74) is 1.60. The summed E-state index contributed by atoms with van der Waals surface area (Å²) in [6.45, 7) is 0. The molecule has 1 atom stereocenters. The summed E-state index contributed by atoms with van der Waals surface area (Å²) in [5.74, 6) is 0.395. The second-order valence-corrected chi connectivity index (χ2v) is 9.47. The second kappa shape index (κ2) is 9.64. The van der Waals surface area contributed by atoms with Gasteiger partial charge in [0, 0.05) is 11.1 Å². The highest BCUT2D eigenvalue weighted by Gasteiger charge is 2.29. The van der Waals surface area contributed by atoms with Crippen LogP contribution in [-0.2, 0) is 14.8 Å². The number of hydrogen-bond acceptors (Lipinski definition) is 4. The van der Waals surface area contributed by atoms with Gasteiger partial charge in [0.25, 0.3) is 0 Å². The first-order chi connectivity index (χ1) is 14.3. The Morgan fingerprint density at radius 1 is 1.20 bits per heavy atom. The van der Waals surface area contributed by atoms with E-state index in [0.29, 0.717) is 16.5 Å². The van der Waals surface area contributed by atoms with Crippen LogP contribution in [0.5, 0.6) is 5.75 Å². The van der Waals surface area contributed by atoms with Gasteiger partial charge in [-0.3, -0.25) is 4.79 Å². The number of ether oxygens (including phenoxy) is 1. The highest BCUT2D eigenvalue weighted by atomic mass is 35.5. The Labute approximate surface area is 182 Å². The van der Waals surface area contributed by atoms with E-state index < -0.39 is 10.0 Å². The van der Waals surface area contributed by atoms with Crippen molar-refractivity contribution in [2.75, 3.05) is 14.2 Å². The summed E-state index contributed by atoms with van der Waals surface area (Å²) in [4.78, 5) is 12.6. The third-order valence-corrected chi connectivity index (χ3v) is 7.01. The Balaban J connectivity index is 1.77. The van der Waals surface area contributed by atoms with E-state index in [1.165, 1.54) is 26.3 Å². The SMILES string of the molecule is CNS(=O)(=O)c1cc(/C=C/C(=O)NC(c2ccc(Cl)cc2)C2CCC2)ccc1OC. The molecule has 2 aromatic carbocycles. The van der Waals surface area contributed by atoms with E-state index in [-0.39, 0.29) is 22.6 Å². The Kier molecular flexibility index (Phi) is 7.18. The van der Waals surface area contributed by atoms with Crippen molar-refractivity contribution in [3.05, 3.63) is 64.7 Å². The Bertz CT molecular complexity index is 1030. The lowest BCUT2D eigenvalue weighted by Gasteiger charge is -2.34. The first kappa shape index (κ1) is 22.3. The Morgan fingerprint density at radius 3 is 2.47 bits per heavy atom. The van der Waals surface area contributed by atoms with Crippen molar-refractivity contribution in [3.63, 3.8) is 0 Å². The number of carbonyl (C=O) groups is 1. The molecule has 3 rings (SSSR count). The number of methoxy groups -OCH3 is 1. The molecule has 1 saturated carbocycles. The van der Waals surface area contributed by atoms with E-state index in [1.807, 2.05) is 24.3 Å². The maximum Gasteiger partial charge on any atom is 0.244 e. The highest BCUT2D eigenvalue weighted by molar-refractivity contribution is 7.89. The van der Waals surface area contributed by atoms with Crippen molar-refractivity contribution in [3.8, 4) is 5.75 Å². The average molecular weight is 449 g/mol. The van der Waals surface area contributed by atoms with Gasteiger partial charge >= 0.3 is 0 Å². The van der Waals surface area contributed by atoms with Crippen LogP contribution in [-0.4, -0.2) is 28.5 Å². The maximum atomic E-state index is 12.6. The van der Waals surface area contributed by atoms with Gasteiger partial charge in [0.15, 0.2) is 0 Å². The molecule has 0 heterocycles. The van der Waals surface area contributed by atoms with Crippen molar-refractivity contribution < 1.29 is 17.9 Å². The summed E-state index contributed by atoms with van der Waals surface area (Å²) in [5, 5.41) is 3.74. The van der Waals surface area contributed by atoms with Crippen LogP contribution in [0.4, 0.5) is 0 Å². The lowest BCUT2D eigenvalue weighted by molar-refractivity contribution is -0.117. The van der Waals surface area contributed by atoms with E-state index in [2.05, 4.69) is 10.0 Å². The van der Waals surface area contributed by atoms with Gasteiger partial charge in [0.2, 0.25) is 15.9 Å². The normalized spacial score (nSPS) is 15.6. The molecule has 0 bridgehead atoms. The van der Waals surface area contributed by atoms with Gasteiger partial charge < -0.3 is 10.1 Å². The second-order valence-electron chi connectivity index (χ2n) is 7.18. The number of hydrogen-bond donors (Lipinski definition) is 2. The fraction of sp³-hybridized carbons (Fsp3) is 0.318. The number of sulfonamides is 1. The van der Waals surface area contributed by atoms with Gasteiger partial charge in [-0.1, -0.05) is 36.2 Å². The predicted octanol–water partition coefficient (Wildman–Crippen LogP) is 3.93. The number of rotatable bonds is 8. The third kappa shape index (κ3) is 5.22. The number of benzene rings is 2. The topological polar surface area (TPSA) is 84.5 Å². The first-order valence-corrected chi connectivity index (χ1v) is 11.6. The predicted molar refractivity (Wildman–Crippen MR) is 118 cm³/mol. The van der Waals surface area contributed by atoms with E-state index in [9.17, 15) is 13.2 Å². The van der Waals surface area contributed by atoms with Crippen molar-refractivity contribution in [1.82, 2.24) is 10.0 Å². The molecule has 0 saturated heterocycles. The standard InChI is InChI=1S/C22H25ClN2O4S/c1-24-30(27,28)20-14-15(6-12-19(20)29-2)7-13-21(26)25-22(16-4-3-5-16)17-8-10-18(23)11-9-17/h6-14,16,22,24H,3-5H2,1-2H3,(H,25,26)/b13-7+. The van der Waals surface area contributed by atoms with Crippen LogP contribution >= 0.6 is 11.6 Å². The van der Waals surface area contributed by atoms with Crippen LogP contribution in [0, 0.1) is 5.92 Å². The van der Waals surface area contributed by atoms with Crippen molar-refractivity contribution in [1.29, 1.82) is 0 Å². The Morgan fingerprint density at radius 2 is 1.90 bits per heavy atom. The van der Waals surface area contributed by atoms with Crippen LogP contribution in [0.2, 0.25) is 5.02 Å². The molecule has 0 aliphatic heterocycles. The molecule has 160 valence electrons. The van der Waals surface area contributed by atoms with E-state index in [0.717, 1.165) is 24.8 Å². The number of halogens is 1. The van der Waals surface area contributed by atoms with Gasteiger partial charge in [-0.2, -0.15) is 0 Å². The summed E-state index contributed by atoms with van der Waals surface area (Å²) in [6.07, 6.45) is 6.30. The van der Waals surface area contributed by atoms with E-state index in [4.69, 9.17) is 16.3 Å². The molecule has 0 aromatic heterocycles. The third-order valence-electron chi connectivity index (χ3n) is 5.32. The van der Waals surface area contributed by atoms with Crippen LogP contribution in [0.1, 0.15) is 36.4 Å².